The van der Waals surface area contributed by atoms with Crippen LogP contribution >= 0.6 is 0 Å². The minimum atomic E-state index is -0.909. The van der Waals surface area contributed by atoms with Crippen LogP contribution in [0.4, 0.5) is 13.2 Å². The molecule has 0 spiro atoms. The molecule has 1 N–H and O–H groups in total. The Bertz CT molecular complexity index is 587. The van der Waals surface area contributed by atoms with Crippen molar-refractivity contribution < 1.29 is 13.2 Å². The summed E-state index contributed by atoms with van der Waals surface area (Å²) in [7, 11) is 1.86. The first-order chi connectivity index (χ1) is 10.0. The summed E-state index contributed by atoms with van der Waals surface area (Å²) < 4.78 is 42.6. The highest BCUT2D eigenvalue weighted by Gasteiger charge is 2.21. The standard InChI is InChI=1S/C15H18F3N3/c1-3-19-13(4-5-14-20-6-7-21(14)2)15-11(17)8-10(16)9-12(15)18/h6-9,13,19H,3-5H2,1-2H3. The number of aryl methyl sites for hydroxylation is 2. The van der Waals surface area contributed by atoms with Gasteiger partial charge in [-0.1, -0.05) is 6.92 Å². The van der Waals surface area contributed by atoms with Crippen molar-refractivity contribution in [1.82, 2.24) is 14.9 Å². The highest BCUT2D eigenvalue weighted by atomic mass is 19.1. The highest BCUT2D eigenvalue weighted by Crippen LogP contribution is 2.25. The third kappa shape index (κ3) is 3.64. The van der Waals surface area contributed by atoms with Crippen LogP contribution in [0, 0.1) is 17.5 Å². The summed E-state index contributed by atoms with van der Waals surface area (Å²) in [6, 6.07) is 0.903. The molecule has 0 aliphatic carbocycles. The zero-order valence-electron chi connectivity index (χ0n) is 12.0. The lowest BCUT2D eigenvalue weighted by atomic mass is 10.00. The third-order valence-electron chi connectivity index (χ3n) is 3.42. The van der Waals surface area contributed by atoms with Gasteiger partial charge in [0.1, 0.15) is 23.3 Å². The largest absolute Gasteiger partial charge is 0.338 e. The van der Waals surface area contributed by atoms with Crippen molar-refractivity contribution in [3.05, 3.63) is 53.4 Å². The van der Waals surface area contributed by atoms with E-state index in [2.05, 4.69) is 10.3 Å². The second kappa shape index (κ2) is 6.76. The summed E-state index contributed by atoms with van der Waals surface area (Å²) in [5, 5.41) is 3.04. The fourth-order valence-electron chi connectivity index (χ4n) is 2.39. The molecule has 114 valence electrons. The van der Waals surface area contributed by atoms with Gasteiger partial charge >= 0.3 is 0 Å². The van der Waals surface area contributed by atoms with E-state index in [-0.39, 0.29) is 5.56 Å². The Morgan fingerprint density at radius 2 is 1.90 bits per heavy atom. The summed E-state index contributed by atoms with van der Waals surface area (Å²) in [5.41, 5.74) is -0.118. The molecule has 1 aromatic carbocycles. The number of hydrogen-bond acceptors (Lipinski definition) is 2. The van der Waals surface area contributed by atoms with Crippen LogP contribution in [0.5, 0.6) is 0 Å². The van der Waals surface area contributed by atoms with E-state index in [9.17, 15) is 13.2 Å². The molecule has 0 saturated heterocycles. The van der Waals surface area contributed by atoms with Gasteiger partial charge < -0.3 is 9.88 Å². The van der Waals surface area contributed by atoms with E-state index in [1.54, 1.807) is 6.20 Å². The Morgan fingerprint density at radius 3 is 2.43 bits per heavy atom. The van der Waals surface area contributed by atoms with Crippen LogP contribution in [0.15, 0.2) is 24.5 Å². The van der Waals surface area contributed by atoms with Crippen molar-refractivity contribution in [1.29, 1.82) is 0 Å². The number of imidazole rings is 1. The first-order valence-corrected chi connectivity index (χ1v) is 6.87. The van der Waals surface area contributed by atoms with Crippen molar-refractivity contribution in [2.75, 3.05) is 6.54 Å². The van der Waals surface area contributed by atoms with Gasteiger partial charge in [0.05, 0.1) is 0 Å². The SMILES string of the molecule is CCNC(CCc1nccn1C)c1c(F)cc(F)cc1F. The molecule has 0 amide bonds. The predicted molar refractivity (Wildman–Crippen MR) is 74.3 cm³/mol. The fourth-order valence-corrected chi connectivity index (χ4v) is 2.39. The van der Waals surface area contributed by atoms with Crippen molar-refractivity contribution in [2.24, 2.45) is 7.05 Å². The van der Waals surface area contributed by atoms with Crippen LogP contribution in [-0.2, 0) is 13.5 Å². The Labute approximate surface area is 121 Å². The lowest BCUT2D eigenvalue weighted by molar-refractivity contribution is 0.442. The average molecular weight is 297 g/mol. The molecule has 3 nitrogen and oxygen atoms in total. The Kier molecular flexibility index (Phi) is 5.01. The summed E-state index contributed by atoms with van der Waals surface area (Å²) >= 11 is 0. The molecular formula is C15H18F3N3. The van der Waals surface area contributed by atoms with E-state index >= 15 is 0 Å². The molecule has 0 fully saturated rings. The van der Waals surface area contributed by atoms with Gasteiger partial charge in [-0.15, -0.1) is 0 Å². The van der Waals surface area contributed by atoms with Crippen LogP contribution in [0.1, 0.15) is 30.8 Å². The zero-order valence-corrected chi connectivity index (χ0v) is 12.0. The van der Waals surface area contributed by atoms with Crippen LogP contribution in [0.25, 0.3) is 0 Å². The molecule has 0 bridgehead atoms. The molecule has 1 aromatic heterocycles. The average Bonchev–Trinajstić information content (AvgIpc) is 2.80. The van der Waals surface area contributed by atoms with Crippen molar-refractivity contribution in [2.45, 2.75) is 25.8 Å². The lowest BCUT2D eigenvalue weighted by Gasteiger charge is -2.19. The molecule has 0 aliphatic rings. The van der Waals surface area contributed by atoms with E-state index in [1.165, 1.54) is 0 Å². The minimum Gasteiger partial charge on any atom is -0.338 e. The fraction of sp³-hybridized carbons (Fsp3) is 0.400. The molecule has 0 aliphatic heterocycles. The molecule has 0 radical (unpaired) electrons. The van der Waals surface area contributed by atoms with Gasteiger partial charge in [0.15, 0.2) is 0 Å². The summed E-state index contributed by atoms with van der Waals surface area (Å²) in [4.78, 5) is 4.19. The molecular weight excluding hydrogens is 279 g/mol. The van der Waals surface area contributed by atoms with Crippen LogP contribution in [0.2, 0.25) is 0 Å². The predicted octanol–water partition coefficient (Wildman–Crippen LogP) is 3.12. The maximum absolute atomic E-state index is 13.9. The normalized spacial score (nSPS) is 12.6. The second-order valence-corrected chi connectivity index (χ2v) is 4.89. The topological polar surface area (TPSA) is 29.9 Å². The van der Waals surface area contributed by atoms with Gasteiger partial charge in [-0.2, -0.15) is 0 Å². The van der Waals surface area contributed by atoms with E-state index in [0.29, 0.717) is 31.5 Å². The quantitative estimate of drug-likeness (QED) is 0.888. The first kappa shape index (κ1) is 15.6. The number of aromatic nitrogens is 2. The van der Waals surface area contributed by atoms with E-state index in [1.807, 2.05) is 24.7 Å². The molecule has 21 heavy (non-hydrogen) atoms. The van der Waals surface area contributed by atoms with Crippen LogP contribution < -0.4 is 5.32 Å². The maximum Gasteiger partial charge on any atom is 0.133 e. The summed E-state index contributed by atoms with van der Waals surface area (Å²) in [6.07, 6.45) is 4.53. The maximum atomic E-state index is 13.9. The van der Waals surface area contributed by atoms with Gasteiger partial charge in [0, 0.05) is 49.6 Å². The number of rotatable bonds is 6. The van der Waals surface area contributed by atoms with Crippen molar-refractivity contribution in [3.63, 3.8) is 0 Å². The molecule has 0 saturated carbocycles. The van der Waals surface area contributed by atoms with Gasteiger partial charge in [-0.25, -0.2) is 18.2 Å². The monoisotopic (exact) mass is 297 g/mol. The van der Waals surface area contributed by atoms with Crippen molar-refractivity contribution in [3.8, 4) is 0 Å². The zero-order chi connectivity index (χ0) is 15.4. The molecule has 1 unspecified atom stereocenters. The van der Waals surface area contributed by atoms with E-state index in [4.69, 9.17) is 0 Å². The number of halogens is 3. The van der Waals surface area contributed by atoms with Crippen molar-refractivity contribution >= 4 is 0 Å². The number of nitrogens with zero attached hydrogens (tertiary/aromatic N) is 2. The second-order valence-electron chi connectivity index (χ2n) is 4.89. The van der Waals surface area contributed by atoms with E-state index in [0.717, 1.165) is 5.82 Å². The van der Waals surface area contributed by atoms with Crippen LogP contribution in [-0.4, -0.2) is 16.1 Å². The summed E-state index contributed by atoms with van der Waals surface area (Å²) in [5.74, 6) is -1.80. The van der Waals surface area contributed by atoms with Gasteiger partial charge in [-0.3, -0.25) is 0 Å². The summed E-state index contributed by atoms with van der Waals surface area (Å²) in [6.45, 7) is 2.41. The molecule has 2 rings (SSSR count). The van der Waals surface area contributed by atoms with Gasteiger partial charge in [-0.05, 0) is 13.0 Å². The highest BCUT2D eigenvalue weighted by molar-refractivity contribution is 5.24. The number of nitrogens with one attached hydrogen (secondary N) is 1. The van der Waals surface area contributed by atoms with Gasteiger partial charge in [0.2, 0.25) is 0 Å². The van der Waals surface area contributed by atoms with E-state index < -0.39 is 23.5 Å². The Balaban J connectivity index is 2.21. The number of benzene rings is 1. The number of hydrogen-bond donors (Lipinski definition) is 1. The van der Waals surface area contributed by atoms with Crippen LogP contribution in [0.3, 0.4) is 0 Å². The molecule has 1 heterocycles. The molecule has 1 atom stereocenters. The molecule has 6 heteroatoms. The third-order valence-corrected chi connectivity index (χ3v) is 3.42. The minimum absolute atomic E-state index is 0.118. The Morgan fingerprint density at radius 1 is 1.24 bits per heavy atom. The van der Waals surface area contributed by atoms with Gasteiger partial charge in [0.25, 0.3) is 0 Å². The smallest absolute Gasteiger partial charge is 0.133 e. The Hall–Kier alpha value is -1.82. The molecule has 2 aromatic rings. The first-order valence-electron chi connectivity index (χ1n) is 6.87. The lowest BCUT2D eigenvalue weighted by Crippen LogP contribution is -2.24.